The molecule has 1 aromatic rings. The summed E-state index contributed by atoms with van der Waals surface area (Å²) in [7, 11) is -3.20. The second-order valence-corrected chi connectivity index (χ2v) is 8.45. The molecule has 128 valence electrons. The molecule has 0 radical (unpaired) electrons. The number of urea groups is 1. The highest BCUT2D eigenvalue weighted by Gasteiger charge is 2.32. The summed E-state index contributed by atoms with van der Waals surface area (Å²) in [4.78, 5) is 11.9. The molecule has 2 unspecified atom stereocenters. The lowest BCUT2D eigenvalue weighted by Gasteiger charge is -2.27. The number of anilines is 1. The van der Waals surface area contributed by atoms with Gasteiger partial charge >= 0.3 is 6.03 Å². The van der Waals surface area contributed by atoms with E-state index in [4.69, 9.17) is 0 Å². The maximum atomic E-state index is 13.3. The van der Waals surface area contributed by atoms with Crippen LogP contribution in [0.25, 0.3) is 0 Å². The fraction of sp³-hybridized carbons (Fsp3) is 0.533. The van der Waals surface area contributed by atoms with Gasteiger partial charge in [-0.05, 0) is 31.9 Å². The van der Waals surface area contributed by atoms with Gasteiger partial charge < -0.3 is 10.6 Å². The van der Waals surface area contributed by atoms with Gasteiger partial charge in [-0.2, -0.15) is 0 Å². The maximum Gasteiger partial charge on any atom is 0.319 e. The second-order valence-electron chi connectivity index (χ2n) is 5.98. The summed E-state index contributed by atoms with van der Waals surface area (Å²) < 4.78 is 50.2. The standard InChI is InChI=1S/C15H20F2N2O3S/c1-10-6-7-13(9-23(10,21)22)19-14(20)18-12-5-3-4-11(8-12)15(2,16)17/h3-5,8,10,13H,6-7,9H2,1-2H3,(H2,18,19,20). The summed E-state index contributed by atoms with van der Waals surface area (Å²) in [6.07, 6.45) is 1.06. The van der Waals surface area contributed by atoms with Gasteiger partial charge in [0.1, 0.15) is 0 Å². The van der Waals surface area contributed by atoms with E-state index < -0.39 is 33.1 Å². The number of carbonyl (C=O) groups is 1. The van der Waals surface area contributed by atoms with Crippen LogP contribution in [-0.4, -0.2) is 31.5 Å². The van der Waals surface area contributed by atoms with E-state index in [0.29, 0.717) is 12.8 Å². The molecule has 0 aromatic heterocycles. The number of carbonyl (C=O) groups excluding carboxylic acids is 1. The Hall–Kier alpha value is -1.70. The summed E-state index contributed by atoms with van der Waals surface area (Å²) in [5, 5.41) is 4.65. The molecule has 0 bridgehead atoms. The van der Waals surface area contributed by atoms with Crippen molar-refractivity contribution in [3.05, 3.63) is 29.8 Å². The molecule has 0 aliphatic carbocycles. The van der Waals surface area contributed by atoms with Gasteiger partial charge in [0.05, 0.1) is 11.0 Å². The van der Waals surface area contributed by atoms with E-state index in [1.54, 1.807) is 6.92 Å². The van der Waals surface area contributed by atoms with Crippen LogP contribution in [0.15, 0.2) is 24.3 Å². The number of sulfone groups is 1. The molecule has 1 fully saturated rings. The minimum Gasteiger partial charge on any atom is -0.334 e. The van der Waals surface area contributed by atoms with Crippen molar-refractivity contribution >= 4 is 21.6 Å². The molecule has 1 aromatic carbocycles. The van der Waals surface area contributed by atoms with Crippen LogP contribution < -0.4 is 10.6 Å². The molecule has 1 aliphatic heterocycles. The van der Waals surface area contributed by atoms with Crippen molar-refractivity contribution < 1.29 is 22.0 Å². The minimum absolute atomic E-state index is 0.103. The number of hydrogen-bond acceptors (Lipinski definition) is 3. The minimum atomic E-state index is -3.20. The van der Waals surface area contributed by atoms with Gasteiger partial charge in [0.2, 0.25) is 0 Å². The zero-order valence-corrected chi connectivity index (χ0v) is 13.8. The Morgan fingerprint density at radius 1 is 1.30 bits per heavy atom. The molecule has 0 saturated carbocycles. The number of rotatable bonds is 3. The number of amides is 2. The Labute approximate surface area is 134 Å². The zero-order chi connectivity index (χ0) is 17.3. The first-order valence-electron chi connectivity index (χ1n) is 7.35. The van der Waals surface area contributed by atoms with Gasteiger partial charge in [0, 0.05) is 24.2 Å². The third kappa shape index (κ3) is 4.63. The highest BCUT2D eigenvalue weighted by molar-refractivity contribution is 7.92. The summed E-state index contributed by atoms with van der Waals surface area (Å²) >= 11 is 0. The van der Waals surface area contributed by atoms with Crippen LogP contribution in [-0.2, 0) is 15.8 Å². The first-order valence-corrected chi connectivity index (χ1v) is 9.07. The van der Waals surface area contributed by atoms with E-state index in [1.165, 1.54) is 24.3 Å². The summed E-state index contributed by atoms with van der Waals surface area (Å²) in [6, 6.07) is 4.32. The van der Waals surface area contributed by atoms with Gasteiger partial charge in [-0.1, -0.05) is 12.1 Å². The van der Waals surface area contributed by atoms with E-state index in [0.717, 1.165) is 6.92 Å². The lowest BCUT2D eigenvalue weighted by molar-refractivity contribution is 0.0175. The van der Waals surface area contributed by atoms with Crippen molar-refractivity contribution in [3.63, 3.8) is 0 Å². The Kier molecular flexibility index (Phi) is 4.93. The Morgan fingerprint density at radius 2 is 2.00 bits per heavy atom. The zero-order valence-electron chi connectivity index (χ0n) is 13.0. The second kappa shape index (κ2) is 6.43. The van der Waals surface area contributed by atoms with E-state index in [9.17, 15) is 22.0 Å². The van der Waals surface area contributed by atoms with Crippen LogP contribution in [0.1, 0.15) is 32.3 Å². The third-order valence-electron chi connectivity index (χ3n) is 3.93. The first-order chi connectivity index (χ1) is 10.6. The van der Waals surface area contributed by atoms with Gasteiger partial charge in [-0.3, -0.25) is 0 Å². The maximum absolute atomic E-state index is 13.3. The third-order valence-corrected chi connectivity index (χ3v) is 6.26. The molecular formula is C15H20F2N2O3S. The summed E-state index contributed by atoms with van der Waals surface area (Å²) in [5.41, 5.74) is 0.0259. The molecule has 23 heavy (non-hydrogen) atoms. The number of benzene rings is 1. The SMILES string of the molecule is CC1CCC(NC(=O)Nc2cccc(C(C)(F)F)c2)CS1(=O)=O. The molecule has 1 saturated heterocycles. The average Bonchev–Trinajstić information content (AvgIpc) is 2.42. The smallest absolute Gasteiger partial charge is 0.319 e. The van der Waals surface area contributed by atoms with E-state index in [2.05, 4.69) is 10.6 Å². The normalized spacial score (nSPS) is 24.0. The fourth-order valence-electron chi connectivity index (χ4n) is 2.48. The fourth-order valence-corrected chi connectivity index (χ4v) is 4.11. The summed E-state index contributed by atoms with van der Waals surface area (Å²) in [5.74, 6) is -3.10. The highest BCUT2D eigenvalue weighted by atomic mass is 32.2. The Balaban J connectivity index is 1.98. The number of alkyl halides is 2. The van der Waals surface area contributed by atoms with Crippen molar-refractivity contribution in [2.45, 2.75) is 43.9 Å². The Morgan fingerprint density at radius 3 is 2.61 bits per heavy atom. The van der Waals surface area contributed by atoms with Crippen LogP contribution in [0.4, 0.5) is 19.3 Å². The average molecular weight is 346 g/mol. The van der Waals surface area contributed by atoms with E-state index in [-0.39, 0.29) is 17.0 Å². The van der Waals surface area contributed by atoms with Gasteiger partial charge in [0.15, 0.2) is 9.84 Å². The number of nitrogens with one attached hydrogen (secondary N) is 2. The highest BCUT2D eigenvalue weighted by Crippen LogP contribution is 2.28. The van der Waals surface area contributed by atoms with Gasteiger partial charge in [-0.15, -0.1) is 0 Å². The molecule has 1 heterocycles. The predicted octanol–water partition coefficient (Wildman–Crippen LogP) is 2.89. The molecular weight excluding hydrogens is 326 g/mol. The van der Waals surface area contributed by atoms with Crippen molar-refractivity contribution in [3.8, 4) is 0 Å². The van der Waals surface area contributed by atoms with Crippen molar-refractivity contribution in [2.75, 3.05) is 11.1 Å². The van der Waals surface area contributed by atoms with Gasteiger partial charge in [-0.25, -0.2) is 22.0 Å². The molecule has 2 amide bonds. The molecule has 2 rings (SSSR count). The molecule has 1 aliphatic rings. The molecule has 8 heteroatoms. The van der Waals surface area contributed by atoms with Gasteiger partial charge in [0.25, 0.3) is 5.92 Å². The van der Waals surface area contributed by atoms with Crippen molar-refractivity contribution in [1.29, 1.82) is 0 Å². The number of hydrogen-bond donors (Lipinski definition) is 2. The van der Waals surface area contributed by atoms with Crippen LogP contribution in [0.3, 0.4) is 0 Å². The molecule has 2 N–H and O–H groups in total. The quantitative estimate of drug-likeness (QED) is 0.884. The Bertz CT molecular complexity index is 686. The van der Waals surface area contributed by atoms with Crippen LogP contribution >= 0.6 is 0 Å². The van der Waals surface area contributed by atoms with E-state index >= 15 is 0 Å². The van der Waals surface area contributed by atoms with Crippen LogP contribution in [0.5, 0.6) is 0 Å². The van der Waals surface area contributed by atoms with Crippen molar-refractivity contribution in [1.82, 2.24) is 5.32 Å². The van der Waals surface area contributed by atoms with Crippen LogP contribution in [0.2, 0.25) is 0 Å². The first kappa shape index (κ1) is 17.7. The van der Waals surface area contributed by atoms with Crippen LogP contribution in [0, 0.1) is 0 Å². The lowest BCUT2D eigenvalue weighted by Crippen LogP contribution is -2.46. The summed E-state index contributed by atoms with van der Waals surface area (Å²) in [6.45, 7) is 2.43. The lowest BCUT2D eigenvalue weighted by atomic mass is 10.1. The van der Waals surface area contributed by atoms with Crippen molar-refractivity contribution in [2.24, 2.45) is 0 Å². The monoisotopic (exact) mass is 346 g/mol. The predicted molar refractivity (Wildman–Crippen MR) is 84.4 cm³/mol. The molecule has 5 nitrogen and oxygen atoms in total. The van der Waals surface area contributed by atoms with E-state index in [1.807, 2.05) is 0 Å². The molecule has 2 atom stereocenters. The number of halogens is 2. The largest absolute Gasteiger partial charge is 0.334 e. The topological polar surface area (TPSA) is 75.3 Å². The molecule has 0 spiro atoms.